The number of ketones is 1. The fraction of sp³-hybridized carbons (Fsp3) is 0.690. The molecule has 0 aromatic heterocycles. The summed E-state index contributed by atoms with van der Waals surface area (Å²) in [5.41, 5.74) is 6.85. The number of nitrogens with zero attached hydrogens (tertiary/aromatic N) is 1. The van der Waals surface area contributed by atoms with Gasteiger partial charge in [-0.25, -0.2) is 0 Å². The number of rotatable bonds is 4. The Hall–Kier alpha value is -1.57. The zero-order chi connectivity index (χ0) is 21.8. The normalized spacial score (nSPS) is 37.1. The molecule has 4 aliphatic carbocycles. The number of hydrogen-bond donors (Lipinski definition) is 0. The topological polar surface area (TPSA) is 20.3 Å². The molecule has 0 amide bonds. The lowest BCUT2D eigenvalue weighted by Crippen LogP contribution is -2.42. The molecule has 3 fully saturated rings. The van der Waals surface area contributed by atoms with Crippen LogP contribution in [0.4, 0.5) is 5.69 Å². The first-order valence-corrected chi connectivity index (χ1v) is 12.9. The van der Waals surface area contributed by atoms with Crippen molar-refractivity contribution < 1.29 is 4.79 Å². The van der Waals surface area contributed by atoms with E-state index in [1.807, 2.05) is 11.1 Å². The largest absolute Gasteiger partial charge is 0.378 e. The number of allylic oxidation sites excluding steroid dienone is 2. The van der Waals surface area contributed by atoms with E-state index in [-0.39, 0.29) is 5.41 Å². The van der Waals surface area contributed by atoms with Crippen LogP contribution in [-0.2, 0) is 4.79 Å². The number of anilines is 1. The lowest BCUT2D eigenvalue weighted by atomic mass is 9.54. The van der Waals surface area contributed by atoms with Gasteiger partial charge in [0.25, 0.3) is 0 Å². The summed E-state index contributed by atoms with van der Waals surface area (Å²) in [6, 6.07) is 9.32. The Morgan fingerprint density at radius 2 is 1.74 bits per heavy atom. The molecule has 0 N–H and O–H groups in total. The monoisotopic (exact) mass is 419 g/mol. The molecule has 0 aliphatic heterocycles. The molecule has 0 heterocycles. The van der Waals surface area contributed by atoms with Gasteiger partial charge in [0.05, 0.1) is 0 Å². The van der Waals surface area contributed by atoms with E-state index >= 15 is 0 Å². The summed E-state index contributed by atoms with van der Waals surface area (Å²) >= 11 is 0. The van der Waals surface area contributed by atoms with E-state index in [9.17, 15) is 4.79 Å². The van der Waals surface area contributed by atoms with Crippen molar-refractivity contribution in [2.75, 3.05) is 19.0 Å². The predicted molar refractivity (Wildman–Crippen MR) is 129 cm³/mol. The summed E-state index contributed by atoms with van der Waals surface area (Å²) in [7, 11) is 4.23. The van der Waals surface area contributed by atoms with Gasteiger partial charge >= 0.3 is 0 Å². The molecule has 5 rings (SSSR count). The standard InChI is InChI=1S/C29H41NO/c1-5-28(31)27-15-14-26-25-13-9-21-18-20(19-6-10-22(11-7-19)30(3)4)8-12-23(21)24(25)16-17-29(26,27)2/h6-7,10-11,20-21,25-27H,5,8-9,12-18H2,1-4H3/t20?,21?,25-,26+,27-,29+/m1/s1. The molecule has 2 nitrogen and oxygen atoms in total. The minimum atomic E-state index is 0.278. The highest BCUT2D eigenvalue weighted by Crippen LogP contribution is 2.63. The van der Waals surface area contributed by atoms with Crippen LogP contribution in [0.15, 0.2) is 35.4 Å². The summed E-state index contributed by atoms with van der Waals surface area (Å²) < 4.78 is 0. The molecule has 2 unspecified atom stereocenters. The van der Waals surface area contributed by atoms with Gasteiger partial charge in [-0.05, 0) is 105 Å². The molecule has 6 atom stereocenters. The van der Waals surface area contributed by atoms with Gasteiger partial charge in [0, 0.05) is 32.1 Å². The number of fused-ring (bicyclic) bond motifs is 4. The lowest BCUT2D eigenvalue weighted by Gasteiger charge is -2.50. The van der Waals surface area contributed by atoms with Crippen molar-refractivity contribution in [1.29, 1.82) is 0 Å². The molecule has 0 saturated heterocycles. The Kier molecular flexibility index (Phi) is 5.55. The fourth-order valence-electron chi connectivity index (χ4n) is 8.25. The maximum absolute atomic E-state index is 12.7. The molecular weight excluding hydrogens is 378 g/mol. The average molecular weight is 420 g/mol. The van der Waals surface area contributed by atoms with Crippen molar-refractivity contribution in [3.05, 3.63) is 41.0 Å². The van der Waals surface area contributed by atoms with Crippen LogP contribution >= 0.6 is 0 Å². The van der Waals surface area contributed by atoms with Gasteiger partial charge in [0.15, 0.2) is 0 Å². The number of carbonyl (C=O) groups is 1. The van der Waals surface area contributed by atoms with Crippen molar-refractivity contribution in [2.24, 2.45) is 29.1 Å². The molecular formula is C29H41NO. The zero-order valence-electron chi connectivity index (χ0n) is 20.1. The first kappa shape index (κ1) is 21.3. The number of benzene rings is 1. The molecule has 2 heteroatoms. The van der Waals surface area contributed by atoms with E-state index in [0.717, 1.165) is 36.5 Å². The molecule has 168 valence electrons. The van der Waals surface area contributed by atoms with Crippen LogP contribution in [0.5, 0.6) is 0 Å². The van der Waals surface area contributed by atoms with E-state index in [1.165, 1.54) is 57.1 Å². The Morgan fingerprint density at radius 3 is 2.45 bits per heavy atom. The second kappa shape index (κ2) is 8.09. The molecule has 0 spiro atoms. The van der Waals surface area contributed by atoms with Gasteiger partial charge in [-0.15, -0.1) is 0 Å². The van der Waals surface area contributed by atoms with Crippen molar-refractivity contribution in [2.45, 2.75) is 84.0 Å². The van der Waals surface area contributed by atoms with Gasteiger partial charge in [0.2, 0.25) is 0 Å². The zero-order valence-corrected chi connectivity index (χ0v) is 20.1. The van der Waals surface area contributed by atoms with Crippen LogP contribution in [0.2, 0.25) is 0 Å². The predicted octanol–water partition coefficient (Wildman–Crippen LogP) is 7.15. The summed E-state index contributed by atoms with van der Waals surface area (Å²) in [6.07, 6.45) is 12.5. The minimum Gasteiger partial charge on any atom is -0.378 e. The van der Waals surface area contributed by atoms with Gasteiger partial charge in [-0.2, -0.15) is 0 Å². The first-order chi connectivity index (χ1) is 14.9. The van der Waals surface area contributed by atoms with E-state index in [2.05, 4.69) is 57.1 Å². The second-order valence-corrected chi connectivity index (χ2v) is 11.5. The molecule has 3 saturated carbocycles. The number of hydrogen-bond acceptors (Lipinski definition) is 2. The third-order valence-electron chi connectivity index (χ3n) is 9.96. The summed E-state index contributed by atoms with van der Waals surface area (Å²) in [6.45, 7) is 4.54. The second-order valence-electron chi connectivity index (χ2n) is 11.5. The van der Waals surface area contributed by atoms with Crippen molar-refractivity contribution in [1.82, 2.24) is 0 Å². The summed E-state index contributed by atoms with van der Waals surface area (Å²) in [5.74, 6) is 3.98. The average Bonchev–Trinajstić information content (AvgIpc) is 3.15. The molecule has 4 aliphatic rings. The lowest BCUT2D eigenvalue weighted by molar-refractivity contribution is -0.127. The highest BCUT2D eigenvalue weighted by atomic mass is 16.1. The Balaban J connectivity index is 1.34. The van der Waals surface area contributed by atoms with Crippen LogP contribution < -0.4 is 4.90 Å². The third kappa shape index (κ3) is 3.49. The van der Waals surface area contributed by atoms with Crippen LogP contribution in [0.25, 0.3) is 0 Å². The Bertz CT molecular complexity index is 865. The minimum absolute atomic E-state index is 0.278. The first-order valence-electron chi connectivity index (χ1n) is 12.9. The number of Topliss-reactive ketones (excluding diaryl/α,β-unsaturated/α-hetero) is 1. The third-order valence-corrected chi connectivity index (χ3v) is 9.96. The van der Waals surface area contributed by atoms with Crippen LogP contribution in [0.1, 0.15) is 89.5 Å². The van der Waals surface area contributed by atoms with Gasteiger partial charge in [-0.3, -0.25) is 4.79 Å². The van der Waals surface area contributed by atoms with Crippen molar-refractivity contribution in [3.63, 3.8) is 0 Å². The maximum atomic E-state index is 12.7. The van der Waals surface area contributed by atoms with Crippen LogP contribution in [-0.4, -0.2) is 19.9 Å². The van der Waals surface area contributed by atoms with Crippen molar-refractivity contribution >= 4 is 11.5 Å². The number of carbonyl (C=O) groups excluding carboxylic acids is 1. The fourth-order valence-corrected chi connectivity index (χ4v) is 8.25. The van der Waals surface area contributed by atoms with Crippen LogP contribution in [0, 0.1) is 29.1 Å². The van der Waals surface area contributed by atoms with Gasteiger partial charge < -0.3 is 4.90 Å². The quantitative estimate of drug-likeness (QED) is 0.483. The van der Waals surface area contributed by atoms with E-state index < -0.39 is 0 Å². The molecule has 31 heavy (non-hydrogen) atoms. The van der Waals surface area contributed by atoms with Gasteiger partial charge in [0.1, 0.15) is 5.78 Å². The van der Waals surface area contributed by atoms with Crippen LogP contribution in [0.3, 0.4) is 0 Å². The highest BCUT2D eigenvalue weighted by Gasteiger charge is 2.55. The molecule has 0 bridgehead atoms. The van der Waals surface area contributed by atoms with Gasteiger partial charge in [-0.1, -0.05) is 37.1 Å². The molecule has 0 radical (unpaired) electrons. The summed E-state index contributed by atoms with van der Waals surface area (Å²) in [4.78, 5) is 14.9. The van der Waals surface area contributed by atoms with E-state index in [4.69, 9.17) is 0 Å². The molecule has 1 aromatic carbocycles. The SMILES string of the molecule is CCC(=O)[C@H]1CC[C@H]2[C@@H]3CCC4CC(c5ccc(N(C)C)cc5)CCC4=C3CC[C@]12C. The molecule has 1 aromatic rings. The van der Waals surface area contributed by atoms with Crippen molar-refractivity contribution in [3.8, 4) is 0 Å². The highest BCUT2D eigenvalue weighted by molar-refractivity contribution is 5.82. The Labute approximate surface area is 189 Å². The summed E-state index contributed by atoms with van der Waals surface area (Å²) in [5, 5.41) is 0. The van der Waals surface area contributed by atoms with E-state index in [1.54, 1.807) is 5.56 Å². The smallest absolute Gasteiger partial charge is 0.136 e. The Morgan fingerprint density at radius 1 is 0.968 bits per heavy atom. The maximum Gasteiger partial charge on any atom is 0.136 e. The van der Waals surface area contributed by atoms with E-state index in [0.29, 0.717) is 11.7 Å².